The van der Waals surface area contributed by atoms with E-state index in [0.29, 0.717) is 24.5 Å². The van der Waals surface area contributed by atoms with Crippen molar-refractivity contribution in [3.8, 4) is 0 Å². The van der Waals surface area contributed by atoms with Gasteiger partial charge >= 0.3 is 0 Å². The van der Waals surface area contributed by atoms with Crippen molar-refractivity contribution in [2.45, 2.75) is 0 Å². The number of furan rings is 1. The molecule has 0 aliphatic carbocycles. The lowest BCUT2D eigenvalue weighted by Crippen LogP contribution is -2.36. The molecule has 3 aromatic rings. The molecule has 0 radical (unpaired) electrons. The van der Waals surface area contributed by atoms with Crippen LogP contribution in [0.4, 0.5) is 17.1 Å². The Balaban J connectivity index is 1.43. The first kappa shape index (κ1) is 18.8. The second kappa shape index (κ2) is 8.62. The number of nitrogens with zero attached hydrogens (tertiary/aromatic N) is 1. The van der Waals surface area contributed by atoms with Crippen LogP contribution < -0.4 is 15.5 Å². The summed E-state index contributed by atoms with van der Waals surface area (Å²) in [7, 11) is 0. The minimum absolute atomic E-state index is 0.213. The molecule has 7 heteroatoms. The van der Waals surface area contributed by atoms with Gasteiger partial charge in [-0.25, -0.2) is 0 Å². The van der Waals surface area contributed by atoms with Crippen molar-refractivity contribution in [1.82, 2.24) is 0 Å². The maximum Gasteiger partial charge on any atom is 0.291 e. The number of carbonyl (C=O) groups excluding carboxylic acids is 2. The van der Waals surface area contributed by atoms with Crippen molar-refractivity contribution >= 4 is 28.9 Å². The van der Waals surface area contributed by atoms with E-state index in [0.717, 1.165) is 24.5 Å². The van der Waals surface area contributed by atoms with Crippen LogP contribution in [0.3, 0.4) is 0 Å². The van der Waals surface area contributed by atoms with Crippen molar-refractivity contribution < 1.29 is 18.7 Å². The van der Waals surface area contributed by atoms with E-state index in [4.69, 9.17) is 9.15 Å². The van der Waals surface area contributed by atoms with E-state index in [1.54, 1.807) is 36.4 Å². The molecule has 1 fully saturated rings. The van der Waals surface area contributed by atoms with Crippen molar-refractivity contribution in [2.24, 2.45) is 0 Å². The molecular weight excluding hydrogens is 370 g/mol. The monoisotopic (exact) mass is 391 g/mol. The number of rotatable bonds is 5. The first-order chi connectivity index (χ1) is 14.2. The lowest BCUT2D eigenvalue weighted by molar-refractivity contribution is 0.0995. The average molecular weight is 391 g/mol. The van der Waals surface area contributed by atoms with Crippen LogP contribution in [-0.4, -0.2) is 38.1 Å². The van der Waals surface area contributed by atoms with E-state index in [1.807, 2.05) is 24.3 Å². The van der Waals surface area contributed by atoms with Crippen molar-refractivity contribution in [2.75, 3.05) is 41.8 Å². The third-order valence-corrected chi connectivity index (χ3v) is 4.65. The van der Waals surface area contributed by atoms with Gasteiger partial charge in [-0.05, 0) is 48.5 Å². The second-order valence-electron chi connectivity index (χ2n) is 6.58. The van der Waals surface area contributed by atoms with Gasteiger partial charge in [-0.1, -0.05) is 12.1 Å². The summed E-state index contributed by atoms with van der Waals surface area (Å²) in [5, 5.41) is 5.71. The molecule has 0 spiro atoms. The van der Waals surface area contributed by atoms with Crippen LogP contribution in [0, 0.1) is 0 Å². The summed E-state index contributed by atoms with van der Waals surface area (Å²) >= 11 is 0. The minimum atomic E-state index is -0.341. The molecule has 0 saturated carbocycles. The quantitative estimate of drug-likeness (QED) is 0.694. The smallest absolute Gasteiger partial charge is 0.291 e. The van der Waals surface area contributed by atoms with Crippen LogP contribution in [-0.2, 0) is 4.74 Å². The summed E-state index contributed by atoms with van der Waals surface area (Å²) in [6, 6.07) is 17.7. The van der Waals surface area contributed by atoms with E-state index in [2.05, 4.69) is 15.5 Å². The van der Waals surface area contributed by atoms with Gasteiger partial charge in [0.05, 0.1) is 30.9 Å². The van der Waals surface area contributed by atoms with Gasteiger partial charge < -0.3 is 24.7 Å². The number of morpholine rings is 1. The molecule has 2 aromatic carbocycles. The highest BCUT2D eigenvalue weighted by Gasteiger charge is 2.16. The third-order valence-electron chi connectivity index (χ3n) is 4.65. The van der Waals surface area contributed by atoms with Gasteiger partial charge in [0.25, 0.3) is 11.8 Å². The highest BCUT2D eigenvalue weighted by molar-refractivity contribution is 6.06. The van der Waals surface area contributed by atoms with E-state index < -0.39 is 0 Å². The molecule has 0 bridgehead atoms. The highest BCUT2D eigenvalue weighted by atomic mass is 16.5. The van der Waals surface area contributed by atoms with Crippen LogP contribution >= 0.6 is 0 Å². The summed E-state index contributed by atoms with van der Waals surface area (Å²) in [6.07, 6.45) is 1.44. The fourth-order valence-corrected chi connectivity index (χ4v) is 3.16. The summed E-state index contributed by atoms with van der Waals surface area (Å²) in [6.45, 7) is 2.93. The standard InChI is InChI=1S/C22H21N3O4/c26-21(24-18-4-1-2-5-19(18)25-11-14-28-15-12-25)16-7-9-17(10-8-16)23-22(27)20-6-3-13-29-20/h1-10,13H,11-12,14-15H2,(H,23,27)(H,24,26). The Morgan fingerprint density at radius 2 is 1.59 bits per heavy atom. The zero-order chi connectivity index (χ0) is 20.1. The molecule has 1 saturated heterocycles. The van der Waals surface area contributed by atoms with E-state index in [1.165, 1.54) is 6.26 Å². The highest BCUT2D eigenvalue weighted by Crippen LogP contribution is 2.27. The van der Waals surface area contributed by atoms with Gasteiger partial charge in [-0.15, -0.1) is 0 Å². The Bertz CT molecular complexity index is 978. The first-order valence-electron chi connectivity index (χ1n) is 9.39. The van der Waals surface area contributed by atoms with Gasteiger partial charge in [0, 0.05) is 24.3 Å². The molecule has 2 amide bonds. The maximum atomic E-state index is 12.7. The number of hydrogen-bond acceptors (Lipinski definition) is 5. The van der Waals surface area contributed by atoms with E-state index in [-0.39, 0.29) is 17.6 Å². The summed E-state index contributed by atoms with van der Waals surface area (Å²) < 4.78 is 10.5. The molecule has 1 aliphatic rings. The zero-order valence-electron chi connectivity index (χ0n) is 15.8. The molecule has 0 unspecified atom stereocenters. The topological polar surface area (TPSA) is 83.8 Å². The number of nitrogens with one attached hydrogen (secondary N) is 2. The van der Waals surface area contributed by atoms with E-state index in [9.17, 15) is 9.59 Å². The maximum absolute atomic E-state index is 12.7. The van der Waals surface area contributed by atoms with Crippen molar-refractivity contribution in [3.63, 3.8) is 0 Å². The largest absolute Gasteiger partial charge is 0.459 e. The zero-order valence-corrected chi connectivity index (χ0v) is 15.8. The molecule has 1 aromatic heterocycles. The fraction of sp³-hybridized carbons (Fsp3) is 0.182. The third kappa shape index (κ3) is 4.47. The van der Waals surface area contributed by atoms with Crippen LogP contribution in [0.1, 0.15) is 20.9 Å². The number of ether oxygens (including phenoxy) is 1. The van der Waals surface area contributed by atoms with Gasteiger partial charge in [0.2, 0.25) is 0 Å². The van der Waals surface area contributed by atoms with Crippen LogP contribution in [0.25, 0.3) is 0 Å². The van der Waals surface area contributed by atoms with Gasteiger partial charge in [0.1, 0.15) is 0 Å². The Morgan fingerprint density at radius 3 is 2.31 bits per heavy atom. The Labute approximate surface area is 168 Å². The first-order valence-corrected chi connectivity index (χ1v) is 9.39. The number of amides is 2. The average Bonchev–Trinajstić information content (AvgIpc) is 3.30. The molecule has 4 rings (SSSR count). The lowest BCUT2D eigenvalue weighted by atomic mass is 10.1. The molecule has 148 valence electrons. The Morgan fingerprint density at radius 1 is 0.828 bits per heavy atom. The number of carbonyl (C=O) groups is 2. The molecular formula is C22H21N3O4. The van der Waals surface area contributed by atoms with Gasteiger partial charge in [-0.3, -0.25) is 9.59 Å². The van der Waals surface area contributed by atoms with E-state index >= 15 is 0 Å². The van der Waals surface area contributed by atoms with Gasteiger partial charge in [0.15, 0.2) is 5.76 Å². The van der Waals surface area contributed by atoms with Crippen molar-refractivity contribution in [3.05, 3.63) is 78.3 Å². The minimum Gasteiger partial charge on any atom is -0.459 e. The predicted octanol–water partition coefficient (Wildman–Crippen LogP) is 3.62. The molecule has 7 nitrogen and oxygen atoms in total. The summed E-state index contributed by atoms with van der Waals surface area (Å²) in [5.74, 6) is -0.326. The molecule has 2 heterocycles. The molecule has 2 N–H and O–H groups in total. The lowest BCUT2D eigenvalue weighted by Gasteiger charge is -2.30. The summed E-state index contributed by atoms with van der Waals surface area (Å²) in [5.41, 5.74) is 2.82. The summed E-state index contributed by atoms with van der Waals surface area (Å²) in [4.78, 5) is 26.9. The Hall–Kier alpha value is -3.58. The van der Waals surface area contributed by atoms with Crippen LogP contribution in [0.5, 0.6) is 0 Å². The molecule has 0 atom stereocenters. The molecule has 29 heavy (non-hydrogen) atoms. The molecule has 1 aliphatic heterocycles. The number of benzene rings is 2. The SMILES string of the molecule is O=C(Nc1ccccc1N1CCOCC1)c1ccc(NC(=O)c2ccco2)cc1. The predicted molar refractivity (Wildman–Crippen MR) is 111 cm³/mol. The Kier molecular flexibility index (Phi) is 5.58. The van der Waals surface area contributed by atoms with Crippen LogP contribution in [0.2, 0.25) is 0 Å². The fourth-order valence-electron chi connectivity index (χ4n) is 3.16. The van der Waals surface area contributed by atoms with Gasteiger partial charge in [-0.2, -0.15) is 0 Å². The second-order valence-corrected chi connectivity index (χ2v) is 6.58. The van der Waals surface area contributed by atoms with Crippen molar-refractivity contribution in [1.29, 1.82) is 0 Å². The normalized spacial score (nSPS) is 13.7. The number of hydrogen-bond donors (Lipinski definition) is 2. The number of para-hydroxylation sites is 2. The number of anilines is 3. The van der Waals surface area contributed by atoms with Crippen LogP contribution in [0.15, 0.2) is 71.3 Å².